The lowest BCUT2D eigenvalue weighted by molar-refractivity contribution is 0.323. The molecule has 1 aliphatic carbocycles. The van der Waals surface area contributed by atoms with E-state index in [2.05, 4.69) is 36.2 Å². The highest BCUT2D eigenvalue weighted by atomic mass is 15.1. The van der Waals surface area contributed by atoms with Crippen molar-refractivity contribution in [3.05, 3.63) is 34.9 Å². The van der Waals surface area contributed by atoms with Gasteiger partial charge in [0.15, 0.2) is 0 Å². The number of rotatable bonds is 5. The first kappa shape index (κ1) is 12.1. The zero-order chi connectivity index (χ0) is 12.1. The molecule has 2 heteroatoms. The number of nitriles is 1. The van der Waals surface area contributed by atoms with Gasteiger partial charge >= 0.3 is 0 Å². The lowest BCUT2D eigenvalue weighted by Crippen LogP contribution is -2.19. The summed E-state index contributed by atoms with van der Waals surface area (Å²) in [6, 6.07) is 9.11. The van der Waals surface area contributed by atoms with Crippen LogP contribution in [0.1, 0.15) is 36.0 Å². The van der Waals surface area contributed by atoms with Gasteiger partial charge in [-0.3, -0.25) is 0 Å². The van der Waals surface area contributed by atoms with Crippen LogP contribution in [0.15, 0.2) is 18.2 Å². The van der Waals surface area contributed by atoms with Crippen LogP contribution in [0.4, 0.5) is 0 Å². The largest absolute Gasteiger partial charge is 0.302 e. The molecule has 17 heavy (non-hydrogen) atoms. The van der Waals surface area contributed by atoms with Crippen molar-refractivity contribution >= 4 is 0 Å². The fraction of sp³-hybridized carbons (Fsp3) is 0.533. The van der Waals surface area contributed by atoms with Gasteiger partial charge in [0.1, 0.15) is 0 Å². The molecule has 0 N–H and O–H groups in total. The Bertz CT molecular complexity index is 417. The maximum atomic E-state index is 8.51. The van der Waals surface area contributed by atoms with Crippen molar-refractivity contribution in [3.8, 4) is 6.07 Å². The van der Waals surface area contributed by atoms with Gasteiger partial charge in [-0.05, 0) is 56.0 Å². The molecule has 0 spiro atoms. The molecule has 0 aliphatic heterocycles. The van der Waals surface area contributed by atoms with Crippen molar-refractivity contribution in [1.29, 1.82) is 5.26 Å². The Kier molecular flexibility index (Phi) is 4.17. The lowest BCUT2D eigenvalue weighted by atomic mass is 10.1. The van der Waals surface area contributed by atoms with E-state index >= 15 is 0 Å². The molecule has 0 atom stereocenters. The van der Waals surface area contributed by atoms with Crippen molar-refractivity contribution < 1.29 is 0 Å². The van der Waals surface area contributed by atoms with Gasteiger partial charge in [-0.15, -0.1) is 0 Å². The second-order valence-corrected chi connectivity index (χ2v) is 4.96. The smallest absolute Gasteiger partial charge is 0.0622 e. The van der Waals surface area contributed by atoms with E-state index in [4.69, 9.17) is 5.26 Å². The summed E-state index contributed by atoms with van der Waals surface area (Å²) in [6.45, 7) is 2.00. The molecule has 0 bridgehead atoms. The summed E-state index contributed by atoms with van der Waals surface area (Å²) in [5.74, 6) is 0. The van der Waals surface area contributed by atoms with E-state index in [1.54, 1.807) is 11.1 Å². The minimum Gasteiger partial charge on any atom is -0.302 e. The first-order valence-electron chi connectivity index (χ1n) is 6.46. The van der Waals surface area contributed by atoms with Gasteiger partial charge in [0.05, 0.1) is 6.07 Å². The summed E-state index contributed by atoms with van der Waals surface area (Å²) < 4.78 is 0. The van der Waals surface area contributed by atoms with Crippen LogP contribution < -0.4 is 0 Å². The van der Waals surface area contributed by atoms with Crippen molar-refractivity contribution in [1.82, 2.24) is 4.90 Å². The maximum absolute atomic E-state index is 8.51. The topological polar surface area (TPSA) is 27.0 Å². The molecule has 0 saturated heterocycles. The van der Waals surface area contributed by atoms with E-state index < -0.39 is 0 Å². The van der Waals surface area contributed by atoms with Gasteiger partial charge < -0.3 is 4.90 Å². The molecule has 1 aromatic carbocycles. The van der Waals surface area contributed by atoms with E-state index in [-0.39, 0.29) is 0 Å². The molecule has 2 rings (SSSR count). The van der Waals surface area contributed by atoms with Crippen LogP contribution in [0.2, 0.25) is 0 Å². The molecular formula is C15H20N2. The Hall–Kier alpha value is -1.33. The van der Waals surface area contributed by atoms with E-state index in [1.807, 2.05) is 0 Å². The van der Waals surface area contributed by atoms with Crippen molar-refractivity contribution in [2.24, 2.45) is 0 Å². The van der Waals surface area contributed by atoms with Crippen LogP contribution in [0.25, 0.3) is 0 Å². The Morgan fingerprint density at radius 3 is 2.94 bits per heavy atom. The second kappa shape index (κ2) is 5.84. The standard InChI is InChI=1S/C15H20N2/c1-17(10-3-2-9-16)12-13-7-8-14-5-4-6-15(14)11-13/h7-8,11H,2-6,10,12H2,1H3. The van der Waals surface area contributed by atoms with Gasteiger partial charge in [-0.1, -0.05) is 18.2 Å². The third-order valence-corrected chi connectivity index (χ3v) is 3.44. The van der Waals surface area contributed by atoms with Crippen LogP contribution in [-0.4, -0.2) is 18.5 Å². The van der Waals surface area contributed by atoms with E-state index in [1.165, 1.54) is 24.8 Å². The summed E-state index contributed by atoms with van der Waals surface area (Å²) in [4.78, 5) is 2.30. The normalized spacial score (nSPS) is 13.7. The Labute approximate surface area is 104 Å². The van der Waals surface area contributed by atoms with Crippen molar-refractivity contribution in [2.45, 2.75) is 38.6 Å². The highest BCUT2D eigenvalue weighted by molar-refractivity contribution is 5.35. The highest BCUT2D eigenvalue weighted by Gasteiger charge is 2.11. The summed E-state index contributed by atoms with van der Waals surface area (Å²) in [5.41, 5.74) is 4.50. The molecule has 0 saturated carbocycles. The van der Waals surface area contributed by atoms with Gasteiger partial charge in [-0.2, -0.15) is 5.26 Å². The van der Waals surface area contributed by atoms with Crippen molar-refractivity contribution in [3.63, 3.8) is 0 Å². The van der Waals surface area contributed by atoms with Gasteiger partial charge in [0.2, 0.25) is 0 Å². The summed E-state index contributed by atoms with van der Waals surface area (Å²) in [6.07, 6.45) is 5.46. The first-order chi connectivity index (χ1) is 8.29. The minimum absolute atomic E-state index is 0.661. The number of aryl methyl sites for hydroxylation is 2. The number of hydrogen-bond acceptors (Lipinski definition) is 2. The van der Waals surface area contributed by atoms with Crippen LogP contribution in [0.3, 0.4) is 0 Å². The minimum atomic E-state index is 0.661. The molecular weight excluding hydrogens is 208 g/mol. The zero-order valence-corrected chi connectivity index (χ0v) is 10.6. The third kappa shape index (κ3) is 3.31. The second-order valence-electron chi connectivity index (χ2n) is 4.96. The fourth-order valence-corrected chi connectivity index (χ4v) is 2.54. The quantitative estimate of drug-likeness (QED) is 0.725. The SMILES string of the molecule is CN(CCCC#N)Cc1ccc2c(c1)CCC2. The summed E-state index contributed by atoms with van der Waals surface area (Å²) >= 11 is 0. The fourth-order valence-electron chi connectivity index (χ4n) is 2.54. The van der Waals surface area contributed by atoms with Crippen LogP contribution in [0, 0.1) is 11.3 Å². The number of hydrogen-bond donors (Lipinski definition) is 0. The van der Waals surface area contributed by atoms with Crippen LogP contribution >= 0.6 is 0 Å². The van der Waals surface area contributed by atoms with E-state index in [9.17, 15) is 0 Å². The van der Waals surface area contributed by atoms with Gasteiger partial charge in [-0.25, -0.2) is 0 Å². The average Bonchev–Trinajstić information content (AvgIpc) is 2.76. The summed E-state index contributed by atoms with van der Waals surface area (Å²) in [5, 5.41) is 8.51. The molecule has 1 aromatic rings. The molecule has 0 amide bonds. The molecule has 0 heterocycles. The monoisotopic (exact) mass is 228 g/mol. The molecule has 0 fully saturated rings. The average molecular weight is 228 g/mol. The first-order valence-corrected chi connectivity index (χ1v) is 6.46. The molecule has 0 aromatic heterocycles. The van der Waals surface area contributed by atoms with E-state index in [0.29, 0.717) is 6.42 Å². The third-order valence-electron chi connectivity index (χ3n) is 3.44. The van der Waals surface area contributed by atoms with Crippen LogP contribution in [-0.2, 0) is 19.4 Å². The number of benzene rings is 1. The highest BCUT2D eigenvalue weighted by Crippen LogP contribution is 2.23. The van der Waals surface area contributed by atoms with Crippen molar-refractivity contribution in [2.75, 3.05) is 13.6 Å². The Morgan fingerprint density at radius 1 is 1.29 bits per heavy atom. The molecule has 90 valence electrons. The van der Waals surface area contributed by atoms with Gasteiger partial charge in [0.25, 0.3) is 0 Å². The lowest BCUT2D eigenvalue weighted by Gasteiger charge is -2.16. The summed E-state index contributed by atoms with van der Waals surface area (Å²) in [7, 11) is 2.13. The predicted octanol–water partition coefficient (Wildman–Crippen LogP) is 2.91. The zero-order valence-electron chi connectivity index (χ0n) is 10.6. The van der Waals surface area contributed by atoms with Crippen LogP contribution in [0.5, 0.6) is 0 Å². The molecule has 0 unspecified atom stereocenters. The maximum Gasteiger partial charge on any atom is 0.0622 e. The number of fused-ring (bicyclic) bond motifs is 1. The number of nitrogens with zero attached hydrogens (tertiary/aromatic N) is 2. The number of unbranched alkanes of at least 4 members (excludes halogenated alkanes) is 1. The molecule has 1 aliphatic rings. The predicted molar refractivity (Wildman–Crippen MR) is 69.6 cm³/mol. The Balaban J connectivity index is 1.88. The van der Waals surface area contributed by atoms with Gasteiger partial charge in [0, 0.05) is 13.0 Å². The van der Waals surface area contributed by atoms with E-state index in [0.717, 1.165) is 19.5 Å². The molecule has 2 nitrogen and oxygen atoms in total. The Morgan fingerprint density at radius 2 is 2.12 bits per heavy atom. The molecule has 0 radical (unpaired) electrons.